The molecule has 4 rings (SSSR count). The Morgan fingerprint density at radius 2 is 1.85 bits per heavy atom. The van der Waals surface area contributed by atoms with E-state index in [4.69, 9.17) is 17.3 Å². The lowest BCUT2D eigenvalue weighted by Crippen LogP contribution is -2.38. The van der Waals surface area contributed by atoms with Crippen molar-refractivity contribution in [1.82, 2.24) is 9.97 Å². The molecular weight excluding hydrogens is 362 g/mol. The molecule has 3 aromatic rings. The van der Waals surface area contributed by atoms with E-state index in [0.29, 0.717) is 5.02 Å². The molecule has 0 bridgehead atoms. The van der Waals surface area contributed by atoms with Gasteiger partial charge in [0, 0.05) is 40.8 Å². The number of nitrogens with zero attached hydrogens (tertiary/aromatic N) is 3. The minimum Gasteiger partial charge on any atom is -0.371 e. The zero-order valence-electron chi connectivity index (χ0n) is 14.7. The van der Waals surface area contributed by atoms with Crippen LogP contribution in [-0.4, -0.2) is 29.0 Å². The van der Waals surface area contributed by atoms with E-state index in [1.165, 1.54) is 6.33 Å². The van der Waals surface area contributed by atoms with Gasteiger partial charge >= 0.3 is 0 Å². The molecule has 7 heteroatoms. The second kappa shape index (κ2) is 7.40. The Hall–Kier alpha value is -2.86. The highest BCUT2D eigenvalue weighted by atomic mass is 35.5. The van der Waals surface area contributed by atoms with E-state index in [0.717, 1.165) is 54.0 Å². The number of hydrogen-bond acceptors (Lipinski definition) is 5. The first-order chi connectivity index (χ1) is 13.1. The van der Waals surface area contributed by atoms with Crippen molar-refractivity contribution in [3.05, 3.63) is 53.8 Å². The number of carbonyl (C=O) groups is 1. The molecule has 2 heterocycles. The van der Waals surface area contributed by atoms with Gasteiger partial charge in [0.1, 0.15) is 12.1 Å². The smallest absolute Gasteiger partial charge is 0.220 e. The van der Waals surface area contributed by atoms with Gasteiger partial charge in [0.25, 0.3) is 0 Å². The molecule has 0 aliphatic carbocycles. The number of piperidine rings is 1. The summed E-state index contributed by atoms with van der Waals surface area (Å²) in [5.74, 6) is 0.556. The van der Waals surface area contributed by atoms with Gasteiger partial charge in [0.15, 0.2) is 0 Å². The third-order valence-corrected chi connectivity index (χ3v) is 5.23. The molecule has 1 aromatic heterocycles. The molecule has 0 radical (unpaired) electrons. The molecule has 0 saturated carbocycles. The number of rotatable bonds is 4. The first-order valence-electron chi connectivity index (χ1n) is 8.92. The predicted molar refractivity (Wildman–Crippen MR) is 108 cm³/mol. The first-order valence-corrected chi connectivity index (χ1v) is 9.29. The van der Waals surface area contributed by atoms with Crippen molar-refractivity contribution in [1.29, 1.82) is 0 Å². The number of nitrogens with two attached hydrogens (primary N) is 1. The molecule has 1 aliphatic rings. The highest BCUT2D eigenvalue weighted by Gasteiger charge is 2.23. The number of amides is 1. The summed E-state index contributed by atoms with van der Waals surface area (Å²) in [7, 11) is 0. The van der Waals surface area contributed by atoms with E-state index in [9.17, 15) is 4.79 Å². The van der Waals surface area contributed by atoms with Gasteiger partial charge in [0.05, 0.1) is 5.52 Å². The van der Waals surface area contributed by atoms with E-state index < -0.39 is 0 Å². The van der Waals surface area contributed by atoms with Crippen LogP contribution >= 0.6 is 11.6 Å². The normalized spacial score (nSPS) is 15.1. The Bertz CT molecular complexity index is 968. The minimum atomic E-state index is -0.187. The molecule has 1 amide bonds. The molecule has 2 aromatic carbocycles. The van der Waals surface area contributed by atoms with Gasteiger partial charge in [-0.05, 0) is 55.3 Å². The van der Waals surface area contributed by atoms with Crippen molar-refractivity contribution in [2.75, 3.05) is 23.3 Å². The standard InChI is InChI=1S/C20H20ClN5O/c21-14-1-6-17-18(11-14)23-12-24-20(17)25-15-2-4-16(5-3-15)26-9-7-13(8-10-26)19(22)27/h1-6,11-13H,7-10H2,(H2,22,27)(H,23,24,25). The van der Waals surface area contributed by atoms with Gasteiger partial charge in [-0.15, -0.1) is 0 Å². The highest BCUT2D eigenvalue weighted by Crippen LogP contribution is 2.28. The zero-order chi connectivity index (χ0) is 18.8. The molecule has 6 nitrogen and oxygen atoms in total. The van der Waals surface area contributed by atoms with E-state index in [1.54, 1.807) is 0 Å². The molecule has 0 spiro atoms. The predicted octanol–water partition coefficient (Wildman–Crippen LogP) is 3.73. The van der Waals surface area contributed by atoms with Crippen molar-refractivity contribution in [2.45, 2.75) is 12.8 Å². The van der Waals surface area contributed by atoms with Crippen LogP contribution in [0, 0.1) is 5.92 Å². The quantitative estimate of drug-likeness (QED) is 0.719. The fourth-order valence-corrected chi connectivity index (χ4v) is 3.61. The molecule has 138 valence electrons. The van der Waals surface area contributed by atoms with E-state index in [1.807, 2.05) is 30.3 Å². The number of halogens is 1. The van der Waals surface area contributed by atoms with Crippen LogP contribution in [0.1, 0.15) is 12.8 Å². The van der Waals surface area contributed by atoms with Crippen LogP contribution < -0.4 is 16.0 Å². The van der Waals surface area contributed by atoms with E-state index in [-0.39, 0.29) is 11.8 Å². The summed E-state index contributed by atoms with van der Waals surface area (Å²) in [6.45, 7) is 1.69. The van der Waals surface area contributed by atoms with Crippen LogP contribution in [0.15, 0.2) is 48.8 Å². The Morgan fingerprint density at radius 1 is 1.11 bits per heavy atom. The van der Waals surface area contributed by atoms with Crippen LogP contribution in [0.3, 0.4) is 0 Å². The van der Waals surface area contributed by atoms with Crippen LogP contribution in [0.2, 0.25) is 5.02 Å². The summed E-state index contributed by atoms with van der Waals surface area (Å²) in [5.41, 5.74) is 8.30. The van der Waals surface area contributed by atoms with Crippen LogP contribution in [0.4, 0.5) is 17.2 Å². The van der Waals surface area contributed by atoms with Gasteiger partial charge in [-0.1, -0.05) is 11.6 Å². The van der Waals surface area contributed by atoms with Crippen molar-refractivity contribution in [3.63, 3.8) is 0 Å². The Labute approximate surface area is 162 Å². The van der Waals surface area contributed by atoms with Crippen molar-refractivity contribution in [3.8, 4) is 0 Å². The second-order valence-corrected chi connectivity index (χ2v) is 7.16. The average Bonchev–Trinajstić information content (AvgIpc) is 2.68. The Morgan fingerprint density at radius 3 is 2.56 bits per heavy atom. The number of nitrogens with one attached hydrogen (secondary N) is 1. The van der Waals surface area contributed by atoms with E-state index in [2.05, 4.69) is 32.3 Å². The van der Waals surface area contributed by atoms with Crippen molar-refractivity contribution in [2.24, 2.45) is 11.7 Å². The fraction of sp³-hybridized carbons (Fsp3) is 0.250. The van der Waals surface area contributed by atoms with Crippen molar-refractivity contribution < 1.29 is 4.79 Å². The number of benzene rings is 2. The summed E-state index contributed by atoms with van der Waals surface area (Å²) in [4.78, 5) is 22.2. The van der Waals surface area contributed by atoms with E-state index >= 15 is 0 Å². The number of carbonyl (C=O) groups excluding carboxylic acids is 1. The number of primary amides is 1. The maximum atomic E-state index is 11.3. The van der Waals surface area contributed by atoms with Gasteiger partial charge in [-0.25, -0.2) is 9.97 Å². The molecule has 0 atom stereocenters. The number of hydrogen-bond donors (Lipinski definition) is 2. The molecule has 3 N–H and O–H groups in total. The van der Waals surface area contributed by atoms with Crippen LogP contribution in [0.25, 0.3) is 10.9 Å². The molecule has 27 heavy (non-hydrogen) atoms. The molecule has 1 saturated heterocycles. The average molecular weight is 382 g/mol. The highest BCUT2D eigenvalue weighted by molar-refractivity contribution is 6.31. The maximum Gasteiger partial charge on any atom is 0.220 e. The summed E-state index contributed by atoms with van der Waals surface area (Å²) in [6, 6.07) is 13.8. The molecule has 0 unspecified atom stereocenters. The number of aromatic nitrogens is 2. The number of fused-ring (bicyclic) bond motifs is 1. The first kappa shape index (κ1) is 17.5. The fourth-order valence-electron chi connectivity index (χ4n) is 3.44. The monoisotopic (exact) mass is 381 g/mol. The zero-order valence-corrected chi connectivity index (χ0v) is 15.5. The maximum absolute atomic E-state index is 11.3. The van der Waals surface area contributed by atoms with Gasteiger partial charge < -0.3 is 16.0 Å². The third kappa shape index (κ3) is 3.80. The summed E-state index contributed by atoms with van der Waals surface area (Å²) in [6.07, 6.45) is 3.15. The lowest BCUT2D eigenvalue weighted by Gasteiger charge is -2.32. The summed E-state index contributed by atoms with van der Waals surface area (Å²) >= 11 is 6.04. The molecule has 1 fully saturated rings. The van der Waals surface area contributed by atoms with Gasteiger partial charge in [0.2, 0.25) is 5.91 Å². The topological polar surface area (TPSA) is 84.1 Å². The second-order valence-electron chi connectivity index (χ2n) is 6.72. The summed E-state index contributed by atoms with van der Waals surface area (Å²) in [5, 5.41) is 4.91. The molecule has 1 aliphatic heterocycles. The lowest BCUT2D eigenvalue weighted by molar-refractivity contribution is -0.122. The van der Waals surface area contributed by atoms with Gasteiger partial charge in [-0.2, -0.15) is 0 Å². The number of anilines is 3. The Balaban J connectivity index is 1.48. The molecular formula is C20H20ClN5O. The third-order valence-electron chi connectivity index (χ3n) is 4.99. The van der Waals surface area contributed by atoms with Crippen molar-refractivity contribution >= 4 is 45.6 Å². The Kier molecular flexibility index (Phi) is 4.81. The SMILES string of the molecule is NC(=O)C1CCN(c2ccc(Nc3ncnc4cc(Cl)ccc34)cc2)CC1. The lowest BCUT2D eigenvalue weighted by atomic mass is 9.96. The minimum absolute atomic E-state index is 0.00161. The van der Waals surface area contributed by atoms with Crippen LogP contribution in [-0.2, 0) is 4.79 Å². The largest absolute Gasteiger partial charge is 0.371 e. The van der Waals surface area contributed by atoms with Crippen LogP contribution in [0.5, 0.6) is 0 Å². The summed E-state index contributed by atoms with van der Waals surface area (Å²) < 4.78 is 0. The van der Waals surface area contributed by atoms with Gasteiger partial charge in [-0.3, -0.25) is 4.79 Å².